The third-order valence-electron chi connectivity index (χ3n) is 5.19. The van der Waals surface area contributed by atoms with Crippen LogP contribution in [0.2, 0.25) is 0 Å². The molecule has 1 saturated carbocycles. The van der Waals surface area contributed by atoms with Gasteiger partial charge in [-0.05, 0) is 57.9 Å². The van der Waals surface area contributed by atoms with Crippen LogP contribution in [0.5, 0.6) is 0 Å². The molecule has 26 heavy (non-hydrogen) atoms. The van der Waals surface area contributed by atoms with Crippen molar-refractivity contribution in [2.75, 3.05) is 6.61 Å². The smallest absolute Gasteiger partial charge is 0.348 e. The number of aromatic amines is 1. The maximum atomic E-state index is 12.6. The van der Waals surface area contributed by atoms with Crippen LogP contribution < -0.4 is 10.9 Å². The lowest BCUT2D eigenvalue weighted by Crippen LogP contribution is -2.35. The third-order valence-corrected chi connectivity index (χ3v) is 6.36. The van der Waals surface area contributed by atoms with E-state index in [1.54, 1.807) is 13.8 Å². The van der Waals surface area contributed by atoms with Crippen LogP contribution in [-0.2, 0) is 4.74 Å². The van der Waals surface area contributed by atoms with E-state index in [4.69, 9.17) is 4.74 Å². The van der Waals surface area contributed by atoms with Crippen molar-refractivity contribution >= 4 is 27.5 Å². The van der Waals surface area contributed by atoms with E-state index in [0.29, 0.717) is 39.1 Å². The minimum Gasteiger partial charge on any atom is -0.462 e. The number of carbonyl (C=O) groups excluding carboxylic acids is 1. The van der Waals surface area contributed by atoms with Crippen molar-refractivity contribution in [2.45, 2.75) is 65.5 Å². The number of rotatable bonds is 5. The van der Waals surface area contributed by atoms with Gasteiger partial charge in [0.15, 0.2) is 0 Å². The summed E-state index contributed by atoms with van der Waals surface area (Å²) in [4.78, 5) is 33.3. The molecule has 1 aliphatic carbocycles. The van der Waals surface area contributed by atoms with E-state index in [1.807, 2.05) is 6.92 Å². The third kappa shape index (κ3) is 3.83. The Kier molecular flexibility index (Phi) is 5.77. The van der Waals surface area contributed by atoms with Crippen molar-refractivity contribution in [3.05, 3.63) is 26.6 Å². The van der Waals surface area contributed by atoms with Gasteiger partial charge < -0.3 is 15.0 Å². The number of thiophene rings is 1. The summed E-state index contributed by atoms with van der Waals surface area (Å²) in [6.07, 6.45) is 4.78. The summed E-state index contributed by atoms with van der Waals surface area (Å²) in [5.74, 6) is 1.03. The van der Waals surface area contributed by atoms with Gasteiger partial charge in [0.05, 0.1) is 18.0 Å². The van der Waals surface area contributed by atoms with Crippen molar-refractivity contribution < 1.29 is 9.53 Å². The quantitative estimate of drug-likeness (QED) is 0.776. The minimum absolute atomic E-state index is 0.0426. The van der Waals surface area contributed by atoms with Gasteiger partial charge in [-0.3, -0.25) is 4.79 Å². The second-order valence-electron chi connectivity index (χ2n) is 7.25. The summed E-state index contributed by atoms with van der Waals surface area (Å²) in [5, 5.41) is 4.08. The Morgan fingerprint density at radius 2 is 2.08 bits per heavy atom. The number of carbonyl (C=O) groups is 1. The SMILES string of the molecule is CCOC(=O)c1sc2nc(C(C)NC3CCC(C)CC3)[nH]c(=O)c2c1C. The zero-order chi connectivity index (χ0) is 18.8. The first kappa shape index (κ1) is 19.0. The Hall–Kier alpha value is -1.73. The summed E-state index contributed by atoms with van der Waals surface area (Å²) in [6, 6.07) is 0.418. The van der Waals surface area contributed by atoms with Gasteiger partial charge in [-0.15, -0.1) is 11.3 Å². The fraction of sp³-hybridized carbons (Fsp3) is 0.632. The van der Waals surface area contributed by atoms with Crippen LogP contribution in [0.3, 0.4) is 0 Å². The van der Waals surface area contributed by atoms with Gasteiger partial charge in [0.1, 0.15) is 15.5 Å². The van der Waals surface area contributed by atoms with E-state index in [2.05, 4.69) is 22.2 Å². The van der Waals surface area contributed by atoms with Gasteiger partial charge in [0.2, 0.25) is 0 Å². The summed E-state index contributed by atoms with van der Waals surface area (Å²) in [7, 11) is 0. The zero-order valence-electron chi connectivity index (χ0n) is 15.8. The normalized spacial score (nSPS) is 21.7. The van der Waals surface area contributed by atoms with E-state index in [1.165, 1.54) is 24.2 Å². The second-order valence-corrected chi connectivity index (χ2v) is 8.25. The molecule has 1 aliphatic rings. The average Bonchev–Trinajstić information content (AvgIpc) is 2.94. The number of aryl methyl sites for hydroxylation is 1. The molecule has 2 heterocycles. The monoisotopic (exact) mass is 377 g/mol. The summed E-state index contributed by atoms with van der Waals surface area (Å²) in [5.41, 5.74) is 0.450. The van der Waals surface area contributed by atoms with Crippen molar-refractivity contribution in [3.63, 3.8) is 0 Å². The Balaban J connectivity index is 1.86. The van der Waals surface area contributed by atoms with Crippen molar-refractivity contribution in [3.8, 4) is 0 Å². The molecule has 0 aliphatic heterocycles. The maximum Gasteiger partial charge on any atom is 0.348 e. The molecular formula is C19H27N3O3S. The van der Waals surface area contributed by atoms with Crippen molar-refractivity contribution in [1.29, 1.82) is 0 Å². The molecule has 0 aromatic carbocycles. The van der Waals surface area contributed by atoms with Crippen molar-refractivity contribution in [2.24, 2.45) is 5.92 Å². The van der Waals surface area contributed by atoms with Gasteiger partial charge >= 0.3 is 5.97 Å². The van der Waals surface area contributed by atoms with E-state index < -0.39 is 5.97 Å². The second kappa shape index (κ2) is 7.88. The number of ether oxygens (including phenoxy) is 1. The van der Waals surface area contributed by atoms with Crippen LogP contribution in [0.4, 0.5) is 0 Å². The van der Waals surface area contributed by atoms with E-state index in [0.717, 1.165) is 18.8 Å². The standard InChI is InChI=1S/C19H27N3O3S/c1-5-25-19(24)15-11(3)14-17(23)21-16(22-18(14)26-15)12(4)20-13-8-6-10(2)7-9-13/h10,12-13,20H,5-9H2,1-4H3,(H,21,22,23). The Labute approximate surface area is 157 Å². The molecule has 2 aromatic heterocycles. The van der Waals surface area contributed by atoms with Crippen LogP contribution in [-0.4, -0.2) is 28.6 Å². The van der Waals surface area contributed by atoms with Gasteiger partial charge in [-0.1, -0.05) is 6.92 Å². The lowest BCUT2D eigenvalue weighted by atomic mass is 9.87. The van der Waals surface area contributed by atoms with Crippen LogP contribution in [0.1, 0.15) is 73.6 Å². The predicted molar refractivity (Wildman–Crippen MR) is 104 cm³/mol. The highest BCUT2D eigenvalue weighted by molar-refractivity contribution is 7.20. The molecule has 0 spiro atoms. The number of esters is 1. The average molecular weight is 378 g/mol. The van der Waals surface area contributed by atoms with Crippen LogP contribution in [0.15, 0.2) is 4.79 Å². The first-order valence-corrected chi connectivity index (χ1v) is 10.2. The van der Waals surface area contributed by atoms with Gasteiger partial charge in [-0.25, -0.2) is 9.78 Å². The van der Waals surface area contributed by atoms with Crippen LogP contribution >= 0.6 is 11.3 Å². The molecular weight excluding hydrogens is 350 g/mol. The predicted octanol–water partition coefficient (Wildman–Crippen LogP) is 3.70. The Morgan fingerprint density at radius 1 is 1.38 bits per heavy atom. The van der Waals surface area contributed by atoms with E-state index in [9.17, 15) is 9.59 Å². The lowest BCUT2D eigenvalue weighted by molar-refractivity contribution is 0.0531. The van der Waals surface area contributed by atoms with Crippen LogP contribution in [0.25, 0.3) is 10.2 Å². The highest BCUT2D eigenvalue weighted by atomic mass is 32.1. The number of nitrogens with one attached hydrogen (secondary N) is 2. The molecule has 1 atom stereocenters. The largest absolute Gasteiger partial charge is 0.462 e. The number of fused-ring (bicyclic) bond motifs is 1. The molecule has 3 rings (SSSR count). The first-order valence-electron chi connectivity index (χ1n) is 9.37. The van der Waals surface area contributed by atoms with Crippen LogP contribution in [0, 0.1) is 12.8 Å². The molecule has 6 nitrogen and oxygen atoms in total. The number of hydrogen-bond donors (Lipinski definition) is 2. The molecule has 0 amide bonds. The van der Waals surface area contributed by atoms with Gasteiger partial charge in [0.25, 0.3) is 5.56 Å². The number of aromatic nitrogens is 2. The molecule has 7 heteroatoms. The first-order chi connectivity index (χ1) is 12.4. The Morgan fingerprint density at radius 3 is 2.73 bits per heavy atom. The number of nitrogens with zero attached hydrogens (tertiary/aromatic N) is 1. The fourth-order valence-corrected chi connectivity index (χ4v) is 4.70. The molecule has 1 fully saturated rings. The maximum absolute atomic E-state index is 12.6. The molecule has 142 valence electrons. The molecule has 2 aromatic rings. The number of H-pyrrole nitrogens is 1. The highest BCUT2D eigenvalue weighted by Gasteiger charge is 2.23. The molecule has 0 radical (unpaired) electrons. The van der Waals surface area contributed by atoms with Gasteiger partial charge in [0, 0.05) is 6.04 Å². The fourth-order valence-electron chi connectivity index (χ4n) is 3.62. The highest BCUT2D eigenvalue weighted by Crippen LogP contribution is 2.29. The summed E-state index contributed by atoms with van der Waals surface area (Å²) >= 11 is 1.23. The topological polar surface area (TPSA) is 84.1 Å². The summed E-state index contributed by atoms with van der Waals surface area (Å²) < 4.78 is 5.08. The molecule has 1 unspecified atom stereocenters. The zero-order valence-corrected chi connectivity index (χ0v) is 16.7. The van der Waals surface area contributed by atoms with Gasteiger partial charge in [-0.2, -0.15) is 0 Å². The molecule has 2 N–H and O–H groups in total. The lowest BCUT2D eigenvalue weighted by Gasteiger charge is -2.29. The molecule has 0 saturated heterocycles. The number of hydrogen-bond acceptors (Lipinski definition) is 6. The van der Waals surface area contributed by atoms with E-state index in [-0.39, 0.29) is 11.6 Å². The van der Waals surface area contributed by atoms with Crippen molar-refractivity contribution in [1.82, 2.24) is 15.3 Å². The Bertz CT molecular complexity index is 850. The summed E-state index contributed by atoms with van der Waals surface area (Å²) in [6.45, 7) is 8.17. The minimum atomic E-state index is -0.392. The van der Waals surface area contributed by atoms with E-state index >= 15 is 0 Å². The molecule has 0 bridgehead atoms.